The summed E-state index contributed by atoms with van der Waals surface area (Å²) in [5, 5.41) is 2.85. The highest BCUT2D eigenvalue weighted by atomic mass is 16.5. The van der Waals surface area contributed by atoms with Crippen LogP contribution in [0.5, 0.6) is 0 Å². The molecule has 0 fully saturated rings. The van der Waals surface area contributed by atoms with Crippen LogP contribution in [-0.2, 0) is 20.9 Å². The molecule has 1 amide bonds. The second-order valence-electron chi connectivity index (χ2n) is 4.88. The van der Waals surface area contributed by atoms with Crippen LogP contribution in [0.1, 0.15) is 18.9 Å². The van der Waals surface area contributed by atoms with Crippen molar-refractivity contribution in [3.05, 3.63) is 29.8 Å². The average molecular weight is 293 g/mol. The van der Waals surface area contributed by atoms with E-state index in [4.69, 9.17) is 5.73 Å². The molecule has 0 saturated heterocycles. The molecule has 6 heteroatoms. The van der Waals surface area contributed by atoms with Crippen LogP contribution in [0.4, 0.5) is 5.69 Å². The molecule has 0 radical (unpaired) electrons. The number of anilines is 1. The van der Waals surface area contributed by atoms with E-state index in [0.29, 0.717) is 13.1 Å². The standard InChI is InChI=1S/C15H23N3O3/c1-11(18(2)8-7-14(19)21-3)15(20)17-13-6-4-5-12(9-13)10-16/h4-6,9,11H,7-8,10,16H2,1-3H3,(H,17,20). The Morgan fingerprint density at radius 2 is 2.14 bits per heavy atom. The van der Waals surface area contributed by atoms with Gasteiger partial charge in [-0.05, 0) is 31.7 Å². The number of likely N-dealkylation sites (N-methyl/N-ethyl adjacent to an activating group) is 1. The highest BCUT2D eigenvalue weighted by Crippen LogP contribution is 2.11. The van der Waals surface area contributed by atoms with Gasteiger partial charge in [0.1, 0.15) is 0 Å². The Balaban J connectivity index is 2.55. The number of benzene rings is 1. The fourth-order valence-corrected chi connectivity index (χ4v) is 1.79. The average Bonchev–Trinajstić information content (AvgIpc) is 2.51. The molecule has 0 heterocycles. The van der Waals surface area contributed by atoms with Crippen LogP contribution < -0.4 is 11.1 Å². The van der Waals surface area contributed by atoms with Crippen molar-refractivity contribution in [2.45, 2.75) is 25.9 Å². The van der Waals surface area contributed by atoms with Gasteiger partial charge < -0.3 is 15.8 Å². The summed E-state index contributed by atoms with van der Waals surface area (Å²) in [5.41, 5.74) is 7.25. The number of amides is 1. The van der Waals surface area contributed by atoms with Crippen LogP contribution in [0, 0.1) is 0 Å². The number of nitrogens with one attached hydrogen (secondary N) is 1. The number of hydrogen-bond acceptors (Lipinski definition) is 5. The number of esters is 1. The Kier molecular flexibility index (Phi) is 6.84. The van der Waals surface area contributed by atoms with Crippen molar-refractivity contribution in [3.8, 4) is 0 Å². The highest BCUT2D eigenvalue weighted by molar-refractivity contribution is 5.94. The highest BCUT2D eigenvalue weighted by Gasteiger charge is 2.18. The van der Waals surface area contributed by atoms with E-state index >= 15 is 0 Å². The zero-order chi connectivity index (χ0) is 15.8. The summed E-state index contributed by atoms with van der Waals surface area (Å²) < 4.78 is 4.58. The third-order valence-electron chi connectivity index (χ3n) is 3.37. The van der Waals surface area contributed by atoms with Crippen LogP contribution in [0.3, 0.4) is 0 Å². The smallest absolute Gasteiger partial charge is 0.306 e. The van der Waals surface area contributed by atoms with Gasteiger partial charge in [-0.3, -0.25) is 14.5 Å². The van der Waals surface area contributed by atoms with Gasteiger partial charge in [-0.1, -0.05) is 12.1 Å². The Morgan fingerprint density at radius 1 is 1.43 bits per heavy atom. The lowest BCUT2D eigenvalue weighted by Gasteiger charge is -2.23. The zero-order valence-corrected chi connectivity index (χ0v) is 12.8. The van der Waals surface area contributed by atoms with Crippen LogP contribution in [-0.4, -0.2) is 43.5 Å². The fourth-order valence-electron chi connectivity index (χ4n) is 1.79. The number of methoxy groups -OCH3 is 1. The molecule has 0 aromatic heterocycles. The first-order valence-electron chi connectivity index (χ1n) is 6.85. The van der Waals surface area contributed by atoms with Gasteiger partial charge in [0.25, 0.3) is 0 Å². The van der Waals surface area contributed by atoms with Crippen molar-refractivity contribution < 1.29 is 14.3 Å². The van der Waals surface area contributed by atoms with Crippen LogP contribution in [0.15, 0.2) is 24.3 Å². The molecule has 21 heavy (non-hydrogen) atoms. The summed E-state index contributed by atoms with van der Waals surface area (Å²) in [6.07, 6.45) is 0.257. The maximum absolute atomic E-state index is 12.2. The maximum Gasteiger partial charge on any atom is 0.306 e. The van der Waals surface area contributed by atoms with E-state index in [0.717, 1.165) is 11.3 Å². The first kappa shape index (κ1) is 17.1. The summed E-state index contributed by atoms with van der Waals surface area (Å²) >= 11 is 0. The Bertz CT molecular complexity index is 491. The van der Waals surface area contributed by atoms with E-state index in [1.807, 2.05) is 24.3 Å². The lowest BCUT2D eigenvalue weighted by molar-refractivity contribution is -0.141. The van der Waals surface area contributed by atoms with Crippen LogP contribution >= 0.6 is 0 Å². The summed E-state index contributed by atoms with van der Waals surface area (Å²) in [5.74, 6) is -0.415. The molecule has 6 nitrogen and oxygen atoms in total. The van der Waals surface area contributed by atoms with Gasteiger partial charge in [0.15, 0.2) is 0 Å². The third kappa shape index (κ3) is 5.53. The molecule has 0 saturated carbocycles. The number of carbonyl (C=O) groups excluding carboxylic acids is 2. The maximum atomic E-state index is 12.2. The molecule has 0 aliphatic carbocycles. The van der Waals surface area contributed by atoms with Crippen molar-refractivity contribution in [1.82, 2.24) is 4.90 Å². The second kappa shape index (κ2) is 8.39. The lowest BCUT2D eigenvalue weighted by Crippen LogP contribution is -2.40. The van der Waals surface area contributed by atoms with E-state index in [2.05, 4.69) is 10.1 Å². The van der Waals surface area contributed by atoms with Crippen molar-refractivity contribution in [2.24, 2.45) is 5.73 Å². The second-order valence-corrected chi connectivity index (χ2v) is 4.88. The number of carbonyl (C=O) groups is 2. The molecule has 0 aliphatic rings. The van der Waals surface area contributed by atoms with Gasteiger partial charge >= 0.3 is 5.97 Å². The molecule has 3 N–H and O–H groups in total. The van der Waals surface area contributed by atoms with Crippen LogP contribution in [0.2, 0.25) is 0 Å². The molecule has 116 valence electrons. The van der Waals surface area contributed by atoms with Gasteiger partial charge in [0.05, 0.1) is 19.6 Å². The van der Waals surface area contributed by atoms with Crippen molar-refractivity contribution in [1.29, 1.82) is 0 Å². The first-order chi connectivity index (χ1) is 9.97. The predicted molar refractivity (Wildman–Crippen MR) is 81.7 cm³/mol. The summed E-state index contributed by atoms with van der Waals surface area (Å²) in [6.45, 7) is 2.68. The lowest BCUT2D eigenvalue weighted by atomic mass is 10.2. The normalized spacial score (nSPS) is 12.0. The summed E-state index contributed by atoms with van der Waals surface area (Å²) in [7, 11) is 3.15. The van der Waals surface area contributed by atoms with Gasteiger partial charge in [0.2, 0.25) is 5.91 Å². The van der Waals surface area contributed by atoms with E-state index in [-0.39, 0.29) is 24.3 Å². The molecule has 1 atom stereocenters. The fraction of sp³-hybridized carbons (Fsp3) is 0.467. The monoisotopic (exact) mass is 293 g/mol. The Morgan fingerprint density at radius 3 is 2.76 bits per heavy atom. The molecule has 1 aromatic rings. The van der Waals surface area contributed by atoms with Crippen molar-refractivity contribution in [3.63, 3.8) is 0 Å². The number of nitrogens with two attached hydrogens (primary N) is 1. The Labute approximate surface area is 125 Å². The number of rotatable bonds is 7. The zero-order valence-electron chi connectivity index (χ0n) is 12.8. The quantitative estimate of drug-likeness (QED) is 0.732. The molecule has 1 rings (SSSR count). The molecule has 0 spiro atoms. The van der Waals surface area contributed by atoms with Gasteiger partial charge in [-0.15, -0.1) is 0 Å². The van der Waals surface area contributed by atoms with Gasteiger partial charge in [-0.25, -0.2) is 0 Å². The molecule has 1 aromatic carbocycles. The minimum absolute atomic E-state index is 0.128. The molecule has 1 unspecified atom stereocenters. The third-order valence-corrected chi connectivity index (χ3v) is 3.37. The molecule has 0 bridgehead atoms. The minimum atomic E-state index is -0.351. The first-order valence-corrected chi connectivity index (χ1v) is 6.85. The largest absolute Gasteiger partial charge is 0.469 e. The minimum Gasteiger partial charge on any atom is -0.469 e. The predicted octanol–water partition coefficient (Wildman–Crippen LogP) is 0.967. The van der Waals surface area contributed by atoms with Gasteiger partial charge in [-0.2, -0.15) is 0 Å². The van der Waals surface area contributed by atoms with Crippen molar-refractivity contribution >= 4 is 17.6 Å². The number of nitrogens with zero attached hydrogens (tertiary/aromatic N) is 1. The number of hydrogen-bond donors (Lipinski definition) is 2. The van der Waals surface area contributed by atoms with E-state index < -0.39 is 0 Å². The molecular weight excluding hydrogens is 270 g/mol. The SMILES string of the molecule is COC(=O)CCN(C)C(C)C(=O)Nc1cccc(CN)c1. The Hall–Kier alpha value is -1.92. The topological polar surface area (TPSA) is 84.7 Å². The summed E-state index contributed by atoms with van der Waals surface area (Å²) in [6, 6.07) is 7.07. The summed E-state index contributed by atoms with van der Waals surface area (Å²) in [4.78, 5) is 25.1. The molecular formula is C15H23N3O3. The van der Waals surface area contributed by atoms with Gasteiger partial charge in [0, 0.05) is 18.8 Å². The van der Waals surface area contributed by atoms with E-state index in [1.165, 1.54) is 7.11 Å². The molecule has 0 aliphatic heterocycles. The number of ether oxygens (including phenoxy) is 1. The van der Waals surface area contributed by atoms with E-state index in [1.54, 1.807) is 18.9 Å². The van der Waals surface area contributed by atoms with E-state index in [9.17, 15) is 9.59 Å². The van der Waals surface area contributed by atoms with Crippen molar-refractivity contribution in [2.75, 3.05) is 26.0 Å². The van der Waals surface area contributed by atoms with Crippen LogP contribution in [0.25, 0.3) is 0 Å².